The summed E-state index contributed by atoms with van der Waals surface area (Å²) < 4.78 is 41.0. The SMILES string of the molecule is CCN1CCN(c2cn(S(=O)(=O)c3ccc(F)cc3)c3ccc(Cl)cc23)CC1. The van der Waals surface area contributed by atoms with Crippen LogP contribution in [0.5, 0.6) is 0 Å². The lowest BCUT2D eigenvalue weighted by atomic mass is 10.2. The predicted octanol–water partition coefficient (Wildman–Crippen LogP) is 3.81. The van der Waals surface area contributed by atoms with E-state index in [9.17, 15) is 12.8 Å². The van der Waals surface area contributed by atoms with Crippen molar-refractivity contribution >= 4 is 38.2 Å². The standard InChI is InChI=1S/C20H21ClFN3O2S/c1-2-23-9-11-24(12-10-23)20-14-25(19-8-3-15(21)13-18(19)20)28(26,27)17-6-4-16(22)5-7-17/h3-8,13-14H,2,9-12H2,1H3. The van der Waals surface area contributed by atoms with Crippen molar-refractivity contribution in [3.8, 4) is 0 Å². The number of benzene rings is 2. The lowest BCUT2D eigenvalue weighted by Crippen LogP contribution is -2.46. The van der Waals surface area contributed by atoms with E-state index in [0.29, 0.717) is 10.5 Å². The van der Waals surface area contributed by atoms with Crippen LogP contribution in [-0.4, -0.2) is 50.0 Å². The molecule has 0 aliphatic carbocycles. The maximum absolute atomic E-state index is 13.3. The van der Waals surface area contributed by atoms with Gasteiger partial charge in [-0.05, 0) is 49.0 Å². The molecule has 2 heterocycles. The summed E-state index contributed by atoms with van der Waals surface area (Å²) in [5.41, 5.74) is 1.40. The van der Waals surface area contributed by atoms with Crippen molar-refractivity contribution in [2.45, 2.75) is 11.8 Å². The summed E-state index contributed by atoms with van der Waals surface area (Å²) in [6, 6.07) is 10.1. The molecule has 8 heteroatoms. The van der Waals surface area contributed by atoms with Crippen molar-refractivity contribution in [1.82, 2.24) is 8.87 Å². The second-order valence-corrected chi connectivity index (χ2v) is 9.10. The fraction of sp³-hybridized carbons (Fsp3) is 0.300. The monoisotopic (exact) mass is 421 g/mol. The van der Waals surface area contributed by atoms with Crippen LogP contribution in [-0.2, 0) is 10.0 Å². The second kappa shape index (κ2) is 7.39. The Labute approximate surface area is 169 Å². The molecule has 2 aromatic carbocycles. The maximum Gasteiger partial charge on any atom is 0.268 e. The Morgan fingerprint density at radius 2 is 1.71 bits per heavy atom. The van der Waals surface area contributed by atoms with Gasteiger partial charge in [0.25, 0.3) is 10.0 Å². The zero-order chi connectivity index (χ0) is 19.9. The molecule has 0 atom stereocenters. The van der Waals surface area contributed by atoms with Gasteiger partial charge in [0.15, 0.2) is 0 Å². The first-order valence-corrected chi connectivity index (χ1v) is 11.0. The van der Waals surface area contributed by atoms with E-state index in [4.69, 9.17) is 11.6 Å². The van der Waals surface area contributed by atoms with E-state index in [1.54, 1.807) is 24.4 Å². The molecule has 4 rings (SSSR count). The molecular formula is C20H21ClFN3O2S. The molecule has 0 spiro atoms. The molecule has 0 N–H and O–H groups in total. The van der Waals surface area contributed by atoms with Gasteiger partial charge < -0.3 is 9.80 Å². The van der Waals surface area contributed by atoms with Gasteiger partial charge >= 0.3 is 0 Å². The number of halogens is 2. The molecule has 1 aromatic heterocycles. The highest BCUT2D eigenvalue weighted by Crippen LogP contribution is 2.34. The quantitative estimate of drug-likeness (QED) is 0.642. The maximum atomic E-state index is 13.3. The molecule has 0 unspecified atom stereocenters. The molecule has 28 heavy (non-hydrogen) atoms. The number of nitrogens with zero attached hydrogens (tertiary/aromatic N) is 3. The van der Waals surface area contributed by atoms with Crippen molar-refractivity contribution in [1.29, 1.82) is 0 Å². The number of fused-ring (bicyclic) bond motifs is 1. The predicted molar refractivity (Wildman–Crippen MR) is 110 cm³/mol. The summed E-state index contributed by atoms with van der Waals surface area (Å²) in [5.74, 6) is -0.474. The third-order valence-electron chi connectivity index (χ3n) is 5.24. The molecule has 1 fully saturated rings. The minimum atomic E-state index is -3.86. The van der Waals surface area contributed by atoms with Crippen LogP contribution in [0.15, 0.2) is 53.6 Å². The minimum Gasteiger partial charge on any atom is -0.367 e. The molecule has 1 aliphatic rings. The molecule has 0 amide bonds. The van der Waals surface area contributed by atoms with Crippen molar-refractivity contribution in [2.24, 2.45) is 0 Å². The Morgan fingerprint density at radius 1 is 1.04 bits per heavy atom. The summed E-state index contributed by atoms with van der Waals surface area (Å²) in [6.07, 6.45) is 1.65. The highest BCUT2D eigenvalue weighted by molar-refractivity contribution is 7.90. The van der Waals surface area contributed by atoms with E-state index in [1.165, 1.54) is 16.1 Å². The Morgan fingerprint density at radius 3 is 2.36 bits per heavy atom. The van der Waals surface area contributed by atoms with Gasteiger partial charge in [-0.3, -0.25) is 0 Å². The fourth-order valence-electron chi connectivity index (χ4n) is 3.63. The first-order valence-electron chi connectivity index (χ1n) is 9.19. The average molecular weight is 422 g/mol. The Kier molecular flexibility index (Phi) is 5.07. The van der Waals surface area contributed by atoms with Crippen molar-refractivity contribution in [2.75, 3.05) is 37.6 Å². The van der Waals surface area contributed by atoms with Gasteiger partial charge in [0.2, 0.25) is 0 Å². The zero-order valence-electron chi connectivity index (χ0n) is 15.5. The molecule has 0 saturated carbocycles. The van der Waals surface area contributed by atoms with E-state index < -0.39 is 15.8 Å². The van der Waals surface area contributed by atoms with Crippen molar-refractivity contribution < 1.29 is 12.8 Å². The van der Waals surface area contributed by atoms with E-state index in [0.717, 1.165) is 55.9 Å². The zero-order valence-corrected chi connectivity index (χ0v) is 17.0. The van der Waals surface area contributed by atoms with Crippen molar-refractivity contribution in [3.05, 3.63) is 59.5 Å². The summed E-state index contributed by atoms with van der Waals surface area (Å²) in [5, 5.41) is 1.35. The number of aromatic nitrogens is 1. The Balaban J connectivity index is 1.83. The van der Waals surface area contributed by atoms with Crippen LogP contribution < -0.4 is 4.90 Å². The summed E-state index contributed by atoms with van der Waals surface area (Å²) in [6.45, 7) is 6.62. The van der Waals surface area contributed by atoms with Gasteiger partial charge in [0.05, 0.1) is 16.1 Å². The van der Waals surface area contributed by atoms with Gasteiger partial charge in [-0.15, -0.1) is 0 Å². The highest BCUT2D eigenvalue weighted by atomic mass is 35.5. The van der Waals surface area contributed by atoms with Crippen molar-refractivity contribution in [3.63, 3.8) is 0 Å². The molecule has 3 aromatic rings. The molecule has 5 nitrogen and oxygen atoms in total. The molecule has 1 aliphatic heterocycles. The Bertz CT molecular complexity index is 1100. The first-order chi connectivity index (χ1) is 13.4. The van der Waals surface area contributed by atoms with Crippen LogP contribution in [0.2, 0.25) is 5.02 Å². The van der Waals surface area contributed by atoms with Crippen LogP contribution in [0.3, 0.4) is 0 Å². The average Bonchev–Trinajstić information content (AvgIpc) is 3.08. The Hall–Kier alpha value is -2.09. The van der Waals surface area contributed by atoms with Gasteiger partial charge in [-0.2, -0.15) is 0 Å². The lowest BCUT2D eigenvalue weighted by molar-refractivity contribution is 0.271. The van der Waals surface area contributed by atoms with Crippen LogP contribution in [0.1, 0.15) is 6.92 Å². The third-order valence-corrected chi connectivity index (χ3v) is 7.17. The number of hydrogen-bond acceptors (Lipinski definition) is 4. The minimum absolute atomic E-state index is 0.0445. The van der Waals surface area contributed by atoms with Gasteiger partial charge in [-0.25, -0.2) is 16.8 Å². The van der Waals surface area contributed by atoms with Gasteiger partial charge in [-0.1, -0.05) is 18.5 Å². The lowest BCUT2D eigenvalue weighted by Gasteiger charge is -2.35. The van der Waals surface area contributed by atoms with E-state index >= 15 is 0 Å². The second-order valence-electron chi connectivity index (χ2n) is 6.85. The van der Waals surface area contributed by atoms with Crippen LogP contribution in [0, 0.1) is 5.82 Å². The van der Waals surface area contributed by atoms with Crippen LogP contribution in [0.4, 0.5) is 10.1 Å². The number of likely N-dealkylation sites (N-methyl/N-ethyl adjacent to an activating group) is 1. The first kappa shape index (κ1) is 19.2. The number of piperazine rings is 1. The largest absolute Gasteiger partial charge is 0.367 e. The molecule has 0 bridgehead atoms. The molecular weight excluding hydrogens is 401 g/mol. The normalized spacial score (nSPS) is 16.0. The highest BCUT2D eigenvalue weighted by Gasteiger charge is 2.25. The number of rotatable bonds is 4. The topological polar surface area (TPSA) is 45.5 Å². The molecule has 148 valence electrons. The van der Waals surface area contributed by atoms with Gasteiger partial charge in [0.1, 0.15) is 5.82 Å². The number of hydrogen-bond donors (Lipinski definition) is 0. The fourth-order valence-corrected chi connectivity index (χ4v) is 5.17. The van der Waals surface area contributed by atoms with E-state index in [2.05, 4.69) is 16.7 Å². The number of anilines is 1. The molecule has 0 radical (unpaired) electrons. The summed E-state index contributed by atoms with van der Waals surface area (Å²) in [7, 11) is -3.86. The van der Waals surface area contributed by atoms with Crippen LogP contribution in [0.25, 0.3) is 10.9 Å². The molecule has 1 saturated heterocycles. The smallest absolute Gasteiger partial charge is 0.268 e. The van der Waals surface area contributed by atoms with E-state index in [-0.39, 0.29) is 4.90 Å². The van der Waals surface area contributed by atoms with Crippen LogP contribution >= 0.6 is 11.6 Å². The summed E-state index contributed by atoms with van der Waals surface area (Å²) >= 11 is 6.21. The third kappa shape index (κ3) is 3.38. The summed E-state index contributed by atoms with van der Waals surface area (Å²) in [4.78, 5) is 4.60. The van der Waals surface area contributed by atoms with E-state index in [1.807, 2.05) is 0 Å². The van der Waals surface area contributed by atoms with Gasteiger partial charge in [0, 0.05) is 42.8 Å².